The van der Waals surface area contributed by atoms with Crippen LogP contribution in [0.3, 0.4) is 0 Å². The molecule has 1 aromatic rings. The fourth-order valence-corrected chi connectivity index (χ4v) is 2.37. The van der Waals surface area contributed by atoms with E-state index in [1.165, 1.54) is 36.1 Å². The summed E-state index contributed by atoms with van der Waals surface area (Å²) in [6, 6.07) is 5.17. The number of benzene rings is 1. The van der Waals surface area contributed by atoms with Gasteiger partial charge >= 0.3 is 6.18 Å². The molecule has 0 radical (unpaired) electrons. The van der Waals surface area contributed by atoms with Crippen LogP contribution >= 0.6 is 0 Å². The van der Waals surface area contributed by atoms with E-state index in [4.69, 9.17) is 0 Å². The minimum absolute atomic E-state index is 0.00176. The number of hydrogen-bond acceptors (Lipinski definition) is 2. The largest absolute Gasteiger partial charge is 0.416 e. The van der Waals surface area contributed by atoms with Gasteiger partial charge in [-0.05, 0) is 30.5 Å². The standard InChI is InChI=1S/C15H16F3NO2/c1-10(8-14(21)19-7-6-11(20)9-19)12-4-2-3-5-13(12)15(16,17)18/h2-5,8,11,20H,6-7,9H2,1H3/b10-8-/t11-/m1/s1. The molecule has 0 unspecified atom stereocenters. The zero-order valence-corrected chi connectivity index (χ0v) is 11.5. The Morgan fingerprint density at radius 1 is 1.38 bits per heavy atom. The average molecular weight is 299 g/mol. The number of rotatable bonds is 2. The molecule has 114 valence electrons. The molecule has 0 aliphatic carbocycles. The van der Waals surface area contributed by atoms with Gasteiger partial charge in [0.05, 0.1) is 11.7 Å². The number of aliphatic hydroxyl groups is 1. The number of allylic oxidation sites excluding steroid dienone is 1. The maximum Gasteiger partial charge on any atom is 0.416 e. The maximum absolute atomic E-state index is 12.9. The molecule has 3 nitrogen and oxygen atoms in total. The highest BCUT2D eigenvalue weighted by molar-refractivity contribution is 5.95. The van der Waals surface area contributed by atoms with E-state index in [2.05, 4.69) is 0 Å². The van der Waals surface area contributed by atoms with E-state index in [0.717, 1.165) is 6.07 Å². The lowest BCUT2D eigenvalue weighted by molar-refractivity contribution is -0.137. The number of nitrogens with zero attached hydrogens (tertiary/aromatic N) is 1. The van der Waals surface area contributed by atoms with Crippen LogP contribution in [0.25, 0.3) is 5.57 Å². The Hall–Kier alpha value is -1.82. The van der Waals surface area contributed by atoms with Gasteiger partial charge in [-0.25, -0.2) is 0 Å². The van der Waals surface area contributed by atoms with E-state index < -0.39 is 17.8 Å². The molecular weight excluding hydrogens is 283 g/mol. The SMILES string of the molecule is C/C(=C/C(=O)N1CC[C@@H](O)C1)c1ccccc1C(F)(F)F. The number of hydrogen-bond donors (Lipinski definition) is 1. The number of aliphatic hydroxyl groups excluding tert-OH is 1. The van der Waals surface area contributed by atoms with Gasteiger partial charge in [-0.3, -0.25) is 4.79 Å². The zero-order valence-electron chi connectivity index (χ0n) is 11.5. The molecule has 1 fully saturated rings. The second-order valence-electron chi connectivity index (χ2n) is 5.10. The van der Waals surface area contributed by atoms with Crippen LogP contribution in [0.1, 0.15) is 24.5 Å². The Morgan fingerprint density at radius 3 is 2.62 bits per heavy atom. The number of β-amino-alcohol motifs (C(OH)–C–C–N with tert-alkyl or cyclic N) is 1. The molecule has 1 saturated heterocycles. The van der Waals surface area contributed by atoms with Crippen LogP contribution in [-0.4, -0.2) is 35.1 Å². The van der Waals surface area contributed by atoms with Crippen molar-refractivity contribution >= 4 is 11.5 Å². The van der Waals surface area contributed by atoms with Crippen molar-refractivity contribution in [2.24, 2.45) is 0 Å². The molecule has 21 heavy (non-hydrogen) atoms. The van der Waals surface area contributed by atoms with Crippen molar-refractivity contribution < 1.29 is 23.1 Å². The smallest absolute Gasteiger partial charge is 0.391 e. The van der Waals surface area contributed by atoms with Crippen molar-refractivity contribution in [1.82, 2.24) is 4.90 Å². The van der Waals surface area contributed by atoms with Gasteiger partial charge in [-0.1, -0.05) is 18.2 Å². The lowest BCUT2D eigenvalue weighted by Crippen LogP contribution is -2.28. The minimum Gasteiger partial charge on any atom is -0.391 e. The Balaban J connectivity index is 2.26. The zero-order chi connectivity index (χ0) is 15.6. The molecule has 1 aromatic carbocycles. The van der Waals surface area contributed by atoms with E-state index in [1.807, 2.05) is 0 Å². The predicted octanol–water partition coefficient (Wildman–Crippen LogP) is 2.70. The van der Waals surface area contributed by atoms with Crippen molar-refractivity contribution in [1.29, 1.82) is 0 Å². The van der Waals surface area contributed by atoms with Crippen molar-refractivity contribution in [3.63, 3.8) is 0 Å². The molecule has 6 heteroatoms. The highest BCUT2D eigenvalue weighted by Crippen LogP contribution is 2.34. The number of alkyl halides is 3. The number of carbonyl (C=O) groups excluding carboxylic acids is 1. The van der Waals surface area contributed by atoms with Crippen molar-refractivity contribution in [2.45, 2.75) is 25.6 Å². The van der Waals surface area contributed by atoms with Crippen molar-refractivity contribution in [3.05, 3.63) is 41.5 Å². The Bertz CT molecular complexity index is 566. The minimum atomic E-state index is -4.46. The van der Waals surface area contributed by atoms with Gasteiger partial charge in [0.15, 0.2) is 0 Å². The van der Waals surface area contributed by atoms with E-state index in [0.29, 0.717) is 13.0 Å². The molecule has 0 saturated carbocycles. The molecule has 0 bridgehead atoms. The summed E-state index contributed by atoms with van der Waals surface area (Å²) in [6.45, 7) is 2.13. The Kier molecular flexibility index (Phi) is 4.37. The third-order valence-corrected chi connectivity index (χ3v) is 3.47. The summed E-state index contributed by atoms with van der Waals surface area (Å²) < 4.78 is 38.8. The first-order chi connectivity index (χ1) is 9.79. The van der Waals surface area contributed by atoms with Gasteiger partial charge < -0.3 is 10.0 Å². The summed E-state index contributed by atoms with van der Waals surface area (Å²) in [7, 11) is 0. The third-order valence-electron chi connectivity index (χ3n) is 3.47. The topological polar surface area (TPSA) is 40.5 Å². The predicted molar refractivity (Wildman–Crippen MR) is 72.3 cm³/mol. The fraction of sp³-hybridized carbons (Fsp3) is 0.400. The van der Waals surface area contributed by atoms with Gasteiger partial charge in [0.2, 0.25) is 5.91 Å². The second kappa shape index (κ2) is 5.89. The first-order valence-electron chi connectivity index (χ1n) is 6.61. The van der Waals surface area contributed by atoms with E-state index in [1.54, 1.807) is 0 Å². The summed E-state index contributed by atoms with van der Waals surface area (Å²) in [5.74, 6) is -0.374. The average Bonchev–Trinajstić information content (AvgIpc) is 2.84. The number of amides is 1. The molecule has 0 aromatic heterocycles. The summed E-state index contributed by atoms with van der Waals surface area (Å²) in [6.07, 6.45) is -3.32. The maximum atomic E-state index is 12.9. The van der Waals surface area contributed by atoms with Crippen LogP contribution in [0, 0.1) is 0 Å². The van der Waals surface area contributed by atoms with E-state index in [9.17, 15) is 23.1 Å². The van der Waals surface area contributed by atoms with Crippen LogP contribution in [0.4, 0.5) is 13.2 Å². The highest BCUT2D eigenvalue weighted by Gasteiger charge is 2.33. The Labute approximate surface area is 120 Å². The Morgan fingerprint density at radius 2 is 2.05 bits per heavy atom. The molecule has 1 heterocycles. The second-order valence-corrected chi connectivity index (χ2v) is 5.10. The first-order valence-corrected chi connectivity index (χ1v) is 6.61. The van der Waals surface area contributed by atoms with E-state index in [-0.39, 0.29) is 23.6 Å². The van der Waals surface area contributed by atoms with Gasteiger partial charge in [0.25, 0.3) is 0 Å². The van der Waals surface area contributed by atoms with Crippen LogP contribution < -0.4 is 0 Å². The molecule has 1 N–H and O–H groups in total. The van der Waals surface area contributed by atoms with Crippen LogP contribution in [0.2, 0.25) is 0 Å². The number of halogens is 3. The summed E-state index contributed by atoms with van der Waals surface area (Å²) >= 11 is 0. The van der Waals surface area contributed by atoms with Gasteiger partial charge in [-0.2, -0.15) is 13.2 Å². The van der Waals surface area contributed by atoms with Crippen LogP contribution in [0.5, 0.6) is 0 Å². The summed E-state index contributed by atoms with van der Waals surface area (Å²) in [5.41, 5.74) is -0.500. The van der Waals surface area contributed by atoms with Gasteiger partial charge in [-0.15, -0.1) is 0 Å². The van der Waals surface area contributed by atoms with Gasteiger partial charge in [0.1, 0.15) is 0 Å². The molecule has 1 atom stereocenters. The summed E-state index contributed by atoms with van der Waals surface area (Å²) in [4.78, 5) is 13.4. The molecule has 2 rings (SSSR count). The molecule has 1 aliphatic rings. The molecular formula is C15H16F3NO2. The molecule has 0 spiro atoms. The van der Waals surface area contributed by atoms with Crippen LogP contribution in [-0.2, 0) is 11.0 Å². The van der Waals surface area contributed by atoms with Crippen molar-refractivity contribution in [2.75, 3.05) is 13.1 Å². The van der Waals surface area contributed by atoms with Crippen LogP contribution in [0.15, 0.2) is 30.3 Å². The normalized spacial score (nSPS) is 20.0. The number of likely N-dealkylation sites (tertiary alicyclic amines) is 1. The highest BCUT2D eigenvalue weighted by atomic mass is 19.4. The van der Waals surface area contributed by atoms with Crippen molar-refractivity contribution in [3.8, 4) is 0 Å². The fourth-order valence-electron chi connectivity index (χ4n) is 2.37. The lowest BCUT2D eigenvalue weighted by atomic mass is 10.00. The number of carbonyl (C=O) groups is 1. The monoisotopic (exact) mass is 299 g/mol. The first kappa shape index (κ1) is 15.6. The van der Waals surface area contributed by atoms with Gasteiger partial charge in [0, 0.05) is 19.2 Å². The lowest BCUT2D eigenvalue weighted by Gasteiger charge is -2.15. The molecule has 1 amide bonds. The molecule has 1 aliphatic heterocycles. The van der Waals surface area contributed by atoms with E-state index >= 15 is 0 Å². The quantitative estimate of drug-likeness (QED) is 0.853. The third kappa shape index (κ3) is 3.64. The summed E-state index contributed by atoms with van der Waals surface area (Å²) in [5, 5.41) is 9.39.